The predicted octanol–water partition coefficient (Wildman–Crippen LogP) is 1.98. The SMILES string of the molecule is C=CC(=CC/C=C(\C)C1=CC(=O)NS1(=O)=O)C[C@H](NC)C(=O)Nc1ccccc1N. The first kappa shape index (κ1) is 23.1. The second-order valence-electron chi connectivity index (χ2n) is 6.71. The van der Waals surface area contributed by atoms with E-state index >= 15 is 0 Å². The van der Waals surface area contributed by atoms with Crippen molar-refractivity contribution in [3.63, 3.8) is 0 Å². The summed E-state index contributed by atoms with van der Waals surface area (Å²) in [4.78, 5) is 23.9. The van der Waals surface area contributed by atoms with E-state index in [-0.39, 0.29) is 10.8 Å². The number of likely N-dealkylation sites (N-methyl/N-ethyl adjacent to an activating group) is 1. The van der Waals surface area contributed by atoms with Crippen molar-refractivity contribution in [2.24, 2.45) is 0 Å². The first-order valence-corrected chi connectivity index (χ1v) is 10.8. The van der Waals surface area contributed by atoms with Gasteiger partial charge in [-0.3, -0.25) is 9.59 Å². The monoisotopic (exact) mass is 430 g/mol. The lowest BCUT2D eigenvalue weighted by Gasteiger charge is -2.17. The van der Waals surface area contributed by atoms with Crippen LogP contribution in [0.3, 0.4) is 0 Å². The first-order valence-electron chi connectivity index (χ1n) is 9.27. The van der Waals surface area contributed by atoms with Gasteiger partial charge in [0.1, 0.15) is 0 Å². The molecule has 0 saturated carbocycles. The molecule has 5 N–H and O–H groups in total. The van der Waals surface area contributed by atoms with Crippen LogP contribution in [0.15, 0.2) is 71.2 Å². The van der Waals surface area contributed by atoms with Crippen LogP contribution in [0.25, 0.3) is 0 Å². The minimum absolute atomic E-state index is 0.0333. The van der Waals surface area contributed by atoms with Crippen LogP contribution >= 0.6 is 0 Å². The van der Waals surface area contributed by atoms with Crippen LogP contribution < -0.4 is 21.1 Å². The van der Waals surface area contributed by atoms with Crippen molar-refractivity contribution >= 4 is 33.2 Å². The van der Waals surface area contributed by atoms with Gasteiger partial charge in [-0.05, 0) is 44.5 Å². The van der Waals surface area contributed by atoms with Crippen molar-refractivity contribution in [1.29, 1.82) is 0 Å². The highest BCUT2D eigenvalue weighted by Gasteiger charge is 2.28. The highest BCUT2D eigenvalue weighted by molar-refractivity contribution is 7.94. The maximum absolute atomic E-state index is 12.6. The zero-order chi connectivity index (χ0) is 22.3. The lowest BCUT2D eigenvalue weighted by Crippen LogP contribution is -2.38. The minimum atomic E-state index is -3.78. The Morgan fingerprint density at radius 3 is 2.57 bits per heavy atom. The van der Waals surface area contributed by atoms with Crippen LogP contribution in [-0.2, 0) is 19.6 Å². The van der Waals surface area contributed by atoms with E-state index in [0.717, 1.165) is 11.6 Å². The molecule has 2 rings (SSSR count). The number of rotatable bonds is 9. The fourth-order valence-electron chi connectivity index (χ4n) is 2.87. The summed E-state index contributed by atoms with van der Waals surface area (Å²) < 4.78 is 25.6. The van der Waals surface area contributed by atoms with E-state index < -0.39 is 22.0 Å². The van der Waals surface area contributed by atoms with E-state index in [1.807, 2.05) is 10.8 Å². The number of hydrogen-bond acceptors (Lipinski definition) is 6. The number of anilines is 2. The van der Waals surface area contributed by atoms with Gasteiger partial charge in [0.25, 0.3) is 15.9 Å². The summed E-state index contributed by atoms with van der Waals surface area (Å²) in [5.41, 5.74) is 8.17. The molecule has 0 saturated heterocycles. The maximum Gasteiger partial charge on any atom is 0.264 e. The number of nitrogens with one attached hydrogen (secondary N) is 3. The van der Waals surface area contributed by atoms with E-state index in [0.29, 0.717) is 29.8 Å². The number of nitrogens with two attached hydrogens (primary N) is 1. The molecule has 1 heterocycles. The van der Waals surface area contributed by atoms with Crippen molar-refractivity contribution < 1.29 is 18.0 Å². The summed E-state index contributed by atoms with van der Waals surface area (Å²) in [5, 5.41) is 5.78. The average molecular weight is 431 g/mol. The van der Waals surface area contributed by atoms with E-state index in [9.17, 15) is 18.0 Å². The molecule has 30 heavy (non-hydrogen) atoms. The molecule has 1 atom stereocenters. The fraction of sp³-hybridized carbons (Fsp3) is 0.238. The van der Waals surface area contributed by atoms with Crippen LogP contribution in [0.2, 0.25) is 0 Å². The molecular weight excluding hydrogens is 404 g/mol. The Hall–Kier alpha value is -3.17. The Morgan fingerprint density at radius 1 is 1.30 bits per heavy atom. The van der Waals surface area contributed by atoms with Crippen molar-refractivity contribution in [3.8, 4) is 0 Å². The summed E-state index contributed by atoms with van der Waals surface area (Å²) in [6.45, 7) is 5.41. The topological polar surface area (TPSA) is 130 Å². The first-order chi connectivity index (χ1) is 14.2. The number of benzene rings is 1. The highest BCUT2D eigenvalue weighted by atomic mass is 32.2. The maximum atomic E-state index is 12.6. The molecule has 1 aromatic rings. The molecule has 1 aliphatic rings. The molecule has 0 fully saturated rings. The van der Waals surface area contributed by atoms with Crippen LogP contribution in [-0.4, -0.2) is 33.3 Å². The van der Waals surface area contributed by atoms with E-state index in [4.69, 9.17) is 5.73 Å². The third kappa shape index (κ3) is 5.91. The Labute approximate surface area is 176 Å². The zero-order valence-corrected chi connectivity index (χ0v) is 17.8. The largest absolute Gasteiger partial charge is 0.397 e. The number of carbonyl (C=O) groups excluding carboxylic acids is 2. The third-order valence-electron chi connectivity index (χ3n) is 4.57. The van der Waals surface area contributed by atoms with E-state index in [2.05, 4.69) is 17.2 Å². The number of nitrogen functional groups attached to an aromatic ring is 1. The normalized spacial score (nSPS) is 17.1. The molecule has 8 nitrogen and oxygen atoms in total. The lowest BCUT2D eigenvalue weighted by molar-refractivity contribution is -0.118. The number of allylic oxidation sites excluding steroid dienone is 4. The summed E-state index contributed by atoms with van der Waals surface area (Å²) in [6, 6.07) is 6.49. The second-order valence-corrected chi connectivity index (χ2v) is 8.36. The fourth-order valence-corrected chi connectivity index (χ4v) is 4.07. The Morgan fingerprint density at radius 2 is 2.00 bits per heavy atom. The summed E-state index contributed by atoms with van der Waals surface area (Å²) in [7, 11) is -2.09. The van der Waals surface area contributed by atoms with E-state index in [1.54, 1.807) is 50.4 Å². The van der Waals surface area contributed by atoms with E-state index in [1.165, 1.54) is 0 Å². The molecule has 9 heteroatoms. The van der Waals surface area contributed by atoms with Gasteiger partial charge in [0.2, 0.25) is 5.91 Å². The van der Waals surface area contributed by atoms with Gasteiger partial charge in [-0.15, -0.1) is 0 Å². The number of para-hydroxylation sites is 2. The van der Waals surface area contributed by atoms with Crippen molar-refractivity contribution in [3.05, 3.63) is 71.2 Å². The molecule has 1 aromatic carbocycles. The third-order valence-corrected chi connectivity index (χ3v) is 6.05. The van der Waals surface area contributed by atoms with Gasteiger partial charge in [-0.2, -0.15) is 0 Å². The Balaban J connectivity index is 2.05. The molecule has 0 aromatic heterocycles. The number of amides is 2. The molecule has 0 unspecified atom stereocenters. The molecule has 0 bridgehead atoms. The minimum Gasteiger partial charge on any atom is -0.397 e. The molecule has 0 radical (unpaired) electrons. The highest BCUT2D eigenvalue weighted by Crippen LogP contribution is 2.21. The summed E-state index contributed by atoms with van der Waals surface area (Å²) >= 11 is 0. The Bertz CT molecular complexity index is 1040. The lowest BCUT2D eigenvalue weighted by atomic mass is 10.0. The predicted molar refractivity (Wildman–Crippen MR) is 119 cm³/mol. The van der Waals surface area contributed by atoms with Gasteiger partial charge >= 0.3 is 0 Å². The van der Waals surface area contributed by atoms with Crippen molar-refractivity contribution in [2.75, 3.05) is 18.1 Å². The number of hydrogen-bond donors (Lipinski definition) is 4. The molecule has 0 spiro atoms. The Kier molecular flexibility index (Phi) is 7.73. The number of carbonyl (C=O) groups is 2. The van der Waals surface area contributed by atoms with Gasteiger partial charge in [-0.1, -0.05) is 42.5 Å². The second kappa shape index (κ2) is 10.0. The van der Waals surface area contributed by atoms with Crippen LogP contribution in [0.4, 0.5) is 11.4 Å². The average Bonchev–Trinajstić information content (AvgIpc) is 2.98. The van der Waals surface area contributed by atoms with Crippen molar-refractivity contribution in [2.45, 2.75) is 25.8 Å². The van der Waals surface area contributed by atoms with Crippen LogP contribution in [0, 0.1) is 0 Å². The van der Waals surface area contributed by atoms with Crippen LogP contribution in [0.1, 0.15) is 19.8 Å². The smallest absolute Gasteiger partial charge is 0.264 e. The molecule has 2 amide bonds. The summed E-state index contributed by atoms with van der Waals surface area (Å²) in [6.07, 6.45) is 7.06. The zero-order valence-electron chi connectivity index (χ0n) is 16.9. The van der Waals surface area contributed by atoms with Gasteiger partial charge < -0.3 is 16.4 Å². The van der Waals surface area contributed by atoms with Crippen LogP contribution in [0.5, 0.6) is 0 Å². The number of sulfonamides is 1. The van der Waals surface area contributed by atoms with Gasteiger partial charge in [0, 0.05) is 6.08 Å². The molecule has 1 aliphatic heterocycles. The standard InChI is InChI=1S/C21H26N4O4S/c1-4-15(9-7-8-14(2)19-13-20(26)25-30(19,28)29)12-18(23-3)21(27)24-17-11-6-5-10-16(17)22/h4-6,8-11,13,18,23H,1,7,12,22H2,2-3H3,(H,24,27)(H,25,26)/b14-8+,15-9?/t18-/m0/s1. The quantitative estimate of drug-likeness (QED) is 0.350. The van der Waals surface area contributed by atoms with Gasteiger partial charge in [0.15, 0.2) is 0 Å². The molecular formula is C21H26N4O4S. The van der Waals surface area contributed by atoms with Crippen molar-refractivity contribution in [1.82, 2.24) is 10.0 Å². The molecule has 0 aliphatic carbocycles. The summed E-state index contributed by atoms with van der Waals surface area (Å²) in [5.74, 6) is -0.885. The molecule has 160 valence electrons. The van der Waals surface area contributed by atoms with Gasteiger partial charge in [0.05, 0.1) is 22.3 Å². The van der Waals surface area contributed by atoms with Gasteiger partial charge in [-0.25, -0.2) is 13.1 Å².